The standard InChI is InChI=1S/C15H19N3OS/c1-12-2-3-14(13(10-12)11-19)17-5-7-18(8-6-17)15-16-4-9-20-15/h2-4,9-10,19H,5-8,11H2,1H3. The van der Waals surface area contributed by atoms with Crippen molar-refractivity contribution in [2.24, 2.45) is 0 Å². The highest BCUT2D eigenvalue weighted by molar-refractivity contribution is 7.13. The minimum absolute atomic E-state index is 0.101. The van der Waals surface area contributed by atoms with Gasteiger partial charge in [0.25, 0.3) is 0 Å². The molecule has 1 aliphatic heterocycles. The first-order valence-corrected chi connectivity index (χ1v) is 7.75. The topological polar surface area (TPSA) is 39.6 Å². The highest BCUT2D eigenvalue weighted by atomic mass is 32.1. The van der Waals surface area contributed by atoms with Gasteiger partial charge in [-0.2, -0.15) is 0 Å². The van der Waals surface area contributed by atoms with Crippen LogP contribution >= 0.6 is 11.3 Å². The lowest BCUT2D eigenvalue weighted by Crippen LogP contribution is -2.46. The summed E-state index contributed by atoms with van der Waals surface area (Å²) in [5, 5.41) is 12.7. The fourth-order valence-corrected chi connectivity index (χ4v) is 3.36. The van der Waals surface area contributed by atoms with Gasteiger partial charge in [-0.1, -0.05) is 17.7 Å². The number of hydrogen-bond donors (Lipinski definition) is 1. The summed E-state index contributed by atoms with van der Waals surface area (Å²) in [5.41, 5.74) is 3.38. The summed E-state index contributed by atoms with van der Waals surface area (Å²) in [7, 11) is 0. The summed E-state index contributed by atoms with van der Waals surface area (Å²) in [6, 6.07) is 6.31. The summed E-state index contributed by atoms with van der Waals surface area (Å²) in [6.45, 7) is 6.05. The Morgan fingerprint density at radius 2 is 1.95 bits per heavy atom. The first kappa shape index (κ1) is 13.4. The van der Waals surface area contributed by atoms with E-state index in [2.05, 4.69) is 39.9 Å². The molecule has 1 fully saturated rings. The average molecular weight is 289 g/mol. The van der Waals surface area contributed by atoms with Crippen LogP contribution in [0, 0.1) is 6.92 Å². The molecule has 4 nitrogen and oxygen atoms in total. The molecule has 20 heavy (non-hydrogen) atoms. The van der Waals surface area contributed by atoms with Gasteiger partial charge < -0.3 is 14.9 Å². The molecule has 0 unspecified atom stereocenters. The van der Waals surface area contributed by atoms with Crippen molar-refractivity contribution < 1.29 is 5.11 Å². The Bertz CT molecular complexity index is 563. The number of thiazole rings is 1. The number of benzene rings is 1. The van der Waals surface area contributed by atoms with Crippen LogP contribution in [-0.4, -0.2) is 36.3 Å². The molecule has 106 valence electrons. The third-order valence-electron chi connectivity index (χ3n) is 3.72. The molecule has 0 atom stereocenters. The van der Waals surface area contributed by atoms with Gasteiger partial charge >= 0.3 is 0 Å². The molecule has 5 heteroatoms. The molecule has 2 heterocycles. The molecular formula is C15H19N3OS. The van der Waals surface area contributed by atoms with Crippen molar-refractivity contribution in [1.29, 1.82) is 0 Å². The molecule has 1 saturated heterocycles. The summed E-state index contributed by atoms with van der Waals surface area (Å²) >= 11 is 1.69. The van der Waals surface area contributed by atoms with Crippen molar-refractivity contribution >= 4 is 22.2 Å². The van der Waals surface area contributed by atoms with Crippen molar-refractivity contribution in [2.75, 3.05) is 36.0 Å². The van der Waals surface area contributed by atoms with Crippen LogP contribution in [0.2, 0.25) is 0 Å². The predicted molar refractivity (Wildman–Crippen MR) is 83.6 cm³/mol. The van der Waals surface area contributed by atoms with Crippen LogP contribution < -0.4 is 9.80 Å². The monoisotopic (exact) mass is 289 g/mol. The van der Waals surface area contributed by atoms with Crippen LogP contribution in [0.15, 0.2) is 29.8 Å². The Hall–Kier alpha value is -1.59. The largest absolute Gasteiger partial charge is 0.392 e. The molecule has 0 spiro atoms. The van der Waals surface area contributed by atoms with E-state index in [1.807, 2.05) is 11.6 Å². The van der Waals surface area contributed by atoms with Gasteiger partial charge in [0.05, 0.1) is 6.61 Å². The van der Waals surface area contributed by atoms with Crippen LogP contribution in [-0.2, 0) is 6.61 Å². The smallest absolute Gasteiger partial charge is 0.185 e. The second-order valence-corrected chi connectivity index (χ2v) is 5.95. The maximum Gasteiger partial charge on any atom is 0.185 e. The fourth-order valence-electron chi connectivity index (χ4n) is 2.66. The second-order valence-electron chi connectivity index (χ2n) is 5.08. The number of anilines is 2. The molecule has 2 aromatic rings. The molecule has 0 aliphatic carbocycles. The van der Waals surface area contributed by atoms with Crippen molar-refractivity contribution in [2.45, 2.75) is 13.5 Å². The molecule has 1 N–H and O–H groups in total. The van der Waals surface area contributed by atoms with Crippen LogP contribution in [0.25, 0.3) is 0 Å². The van der Waals surface area contributed by atoms with E-state index in [-0.39, 0.29) is 6.61 Å². The van der Waals surface area contributed by atoms with Gasteiger partial charge in [0.15, 0.2) is 5.13 Å². The number of rotatable bonds is 3. The molecular weight excluding hydrogens is 270 g/mol. The average Bonchev–Trinajstić information content (AvgIpc) is 3.01. The molecule has 1 aromatic heterocycles. The quantitative estimate of drug-likeness (QED) is 0.941. The Labute approximate surface area is 123 Å². The highest BCUT2D eigenvalue weighted by Gasteiger charge is 2.20. The van der Waals surface area contributed by atoms with Crippen LogP contribution in [0.3, 0.4) is 0 Å². The molecule has 3 rings (SSSR count). The minimum atomic E-state index is 0.101. The lowest BCUT2D eigenvalue weighted by Gasteiger charge is -2.36. The third kappa shape index (κ3) is 2.64. The lowest BCUT2D eigenvalue weighted by molar-refractivity contribution is 0.282. The summed E-state index contributed by atoms with van der Waals surface area (Å²) in [6.07, 6.45) is 1.86. The SMILES string of the molecule is Cc1ccc(N2CCN(c3nccs3)CC2)c(CO)c1. The van der Waals surface area contributed by atoms with Crippen molar-refractivity contribution in [3.63, 3.8) is 0 Å². The number of piperazine rings is 1. The maximum atomic E-state index is 9.53. The van der Waals surface area contributed by atoms with E-state index >= 15 is 0 Å². The highest BCUT2D eigenvalue weighted by Crippen LogP contribution is 2.25. The van der Waals surface area contributed by atoms with Crippen molar-refractivity contribution in [3.8, 4) is 0 Å². The predicted octanol–water partition coefficient (Wildman–Crippen LogP) is 2.27. The Morgan fingerprint density at radius 1 is 1.20 bits per heavy atom. The molecule has 0 radical (unpaired) electrons. The first-order valence-electron chi connectivity index (χ1n) is 6.87. The van der Waals surface area contributed by atoms with Crippen molar-refractivity contribution in [1.82, 2.24) is 4.98 Å². The molecule has 1 aromatic carbocycles. The fraction of sp³-hybridized carbons (Fsp3) is 0.400. The van der Waals surface area contributed by atoms with Gasteiger partial charge in [0.1, 0.15) is 0 Å². The van der Waals surface area contributed by atoms with E-state index in [4.69, 9.17) is 0 Å². The van der Waals surface area contributed by atoms with Gasteiger partial charge in [0, 0.05) is 49.0 Å². The summed E-state index contributed by atoms with van der Waals surface area (Å²) < 4.78 is 0. The summed E-state index contributed by atoms with van der Waals surface area (Å²) in [5.74, 6) is 0. The van der Waals surface area contributed by atoms with Gasteiger partial charge in [-0.3, -0.25) is 0 Å². The van der Waals surface area contributed by atoms with Crippen molar-refractivity contribution in [3.05, 3.63) is 40.9 Å². The van der Waals surface area contributed by atoms with Crippen LogP contribution in [0.1, 0.15) is 11.1 Å². The Morgan fingerprint density at radius 3 is 2.60 bits per heavy atom. The summed E-state index contributed by atoms with van der Waals surface area (Å²) in [4.78, 5) is 9.05. The molecule has 0 saturated carbocycles. The molecule has 0 amide bonds. The zero-order valence-electron chi connectivity index (χ0n) is 11.6. The van der Waals surface area contributed by atoms with Gasteiger partial charge in [-0.15, -0.1) is 11.3 Å². The first-order chi connectivity index (χ1) is 9.78. The van der Waals surface area contributed by atoms with E-state index in [1.165, 1.54) is 5.56 Å². The normalized spacial score (nSPS) is 15.7. The van der Waals surface area contributed by atoms with Crippen LogP contribution in [0.5, 0.6) is 0 Å². The maximum absolute atomic E-state index is 9.53. The minimum Gasteiger partial charge on any atom is -0.392 e. The van der Waals surface area contributed by atoms with E-state index in [9.17, 15) is 5.11 Å². The zero-order chi connectivity index (χ0) is 13.9. The van der Waals surface area contributed by atoms with E-state index in [0.29, 0.717) is 0 Å². The van der Waals surface area contributed by atoms with E-state index < -0.39 is 0 Å². The van der Waals surface area contributed by atoms with E-state index in [1.54, 1.807) is 11.3 Å². The number of aryl methyl sites for hydroxylation is 1. The van der Waals surface area contributed by atoms with Crippen LogP contribution in [0.4, 0.5) is 10.8 Å². The Balaban J connectivity index is 1.72. The molecule has 0 bridgehead atoms. The van der Waals surface area contributed by atoms with Gasteiger partial charge in [0.2, 0.25) is 0 Å². The number of hydrogen-bond acceptors (Lipinski definition) is 5. The number of aliphatic hydroxyl groups is 1. The Kier molecular flexibility index (Phi) is 3.89. The lowest BCUT2D eigenvalue weighted by atomic mass is 10.1. The van der Waals surface area contributed by atoms with Gasteiger partial charge in [-0.25, -0.2) is 4.98 Å². The van der Waals surface area contributed by atoms with Gasteiger partial charge in [-0.05, 0) is 13.0 Å². The molecule has 1 aliphatic rings. The zero-order valence-corrected chi connectivity index (χ0v) is 12.4. The number of nitrogens with zero attached hydrogens (tertiary/aromatic N) is 3. The van der Waals surface area contributed by atoms with E-state index in [0.717, 1.165) is 42.6 Å². The number of aromatic nitrogens is 1. The number of aliphatic hydroxyl groups excluding tert-OH is 1. The third-order valence-corrected chi connectivity index (χ3v) is 4.55. The second kappa shape index (κ2) is 5.81.